The number of hydrogen-bond donors (Lipinski definition) is 0. The third kappa shape index (κ3) is 3.79. The van der Waals surface area contributed by atoms with Crippen molar-refractivity contribution < 1.29 is 0 Å². The predicted octanol–water partition coefficient (Wildman–Crippen LogP) is 2.44. The van der Waals surface area contributed by atoms with E-state index < -0.39 is 0 Å². The van der Waals surface area contributed by atoms with Crippen molar-refractivity contribution in [3.63, 3.8) is 0 Å². The van der Waals surface area contributed by atoms with E-state index in [1.54, 1.807) is 13.4 Å². The van der Waals surface area contributed by atoms with Gasteiger partial charge in [-0.15, -0.1) is 0 Å². The monoisotopic (exact) mass is 395 g/mol. The number of benzene rings is 1. The van der Waals surface area contributed by atoms with E-state index in [0.717, 1.165) is 37.0 Å². The molecule has 0 amide bonds. The van der Waals surface area contributed by atoms with Crippen molar-refractivity contribution in [3.05, 3.63) is 63.1 Å². The summed E-state index contributed by atoms with van der Waals surface area (Å²) in [6.45, 7) is 2.94. The van der Waals surface area contributed by atoms with Gasteiger partial charge in [0.2, 0.25) is 0 Å². The molecule has 3 aromatic rings. The van der Waals surface area contributed by atoms with Gasteiger partial charge in [-0.3, -0.25) is 18.8 Å². The second kappa shape index (κ2) is 8.37. The molecule has 1 aromatic carbocycles. The third-order valence-corrected chi connectivity index (χ3v) is 6.11. The number of unbranched alkanes of at least 4 members (excludes halogenated alkanes) is 1. The van der Waals surface area contributed by atoms with Gasteiger partial charge in [-0.2, -0.15) is 0 Å². The highest BCUT2D eigenvalue weighted by molar-refractivity contribution is 5.69. The van der Waals surface area contributed by atoms with E-state index >= 15 is 0 Å². The zero-order chi connectivity index (χ0) is 20.4. The summed E-state index contributed by atoms with van der Waals surface area (Å²) in [5.41, 5.74) is 1.76. The number of piperidine rings is 1. The molecule has 2 aromatic heterocycles. The van der Waals surface area contributed by atoms with Crippen LogP contribution in [0, 0.1) is 0 Å². The van der Waals surface area contributed by atoms with Gasteiger partial charge < -0.3 is 4.57 Å². The summed E-state index contributed by atoms with van der Waals surface area (Å²) >= 11 is 0. The minimum Gasteiger partial charge on any atom is -0.325 e. The molecular weight excluding hydrogens is 366 g/mol. The van der Waals surface area contributed by atoms with Crippen LogP contribution < -0.4 is 11.2 Å². The highest BCUT2D eigenvalue weighted by atomic mass is 16.2. The zero-order valence-corrected chi connectivity index (χ0v) is 17.3. The molecule has 4 rings (SSSR count). The molecule has 1 atom stereocenters. The Morgan fingerprint density at radius 1 is 1.00 bits per heavy atom. The molecule has 154 valence electrons. The SMILES string of the molecule is Cn1c(=O)c2c(ncn2CCCCN2CCCCC2c2ccccc2)n(C)c1=O. The standard InChI is InChI=1S/C22H29N5O2/c1-24-20-19(21(28)25(2)22(24)29)27(16-23-20)15-9-8-14-26-13-7-6-12-18(26)17-10-4-3-5-11-17/h3-5,10-11,16,18H,6-9,12-15H2,1-2H3. The summed E-state index contributed by atoms with van der Waals surface area (Å²) in [5, 5.41) is 0. The van der Waals surface area contributed by atoms with Crippen molar-refractivity contribution in [2.24, 2.45) is 14.1 Å². The smallest absolute Gasteiger partial charge is 0.325 e. The maximum Gasteiger partial charge on any atom is 0.332 e. The maximum atomic E-state index is 12.5. The fraction of sp³-hybridized carbons (Fsp3) is 0.500. The van der Waals surface area contributed by atoms with E-state index in [2.05, 4.69) is 40.2 Å². The molecule has 0 aliphatic carbocycles. The van der Waals surface area contributed by atoms with Gasteiger partial charge in [-0.1, -0.05) is 36.8 Å². The van der Waals surface area contributed by atoms with Crippen LogP contribution in [0.4, 0.5) is 0 Å². The summed E-state index contributed by atoms with van der Waals surface area (Å²) in [7, 11) is 3.17. The minimum atomic E-state index is -0.343. The minimum absolute atomic E-state index is 0.277. The average molecular weight is 396 g/mol. The molecule has 0 spiro atoms. The van der Waals surface area contributed by atoms with Gasteiger partial charge in [0.15, 0.2) is 11.2 Å². The van der Waals surface area contributed by atoms with Crippen LogP contribution >= 0.6 is 0 Å². The summed E-state index contributed by atoms with van der Waals surface area (Å²) in [5.74, 6) is 0. The normalized spacial score (nSPS) is 17.8. The van der Waals surface area contributed by atoms with Gasteiger partial charge in [0, 0.05) is 26.7 Å². The summed E-state index contributed by atoms with van der Waals surface area (Å²) in [6, 6.07) is 11.3. The number of aryl methyl sites for hydroxylation is 2. The molecule has 1 saturated heterocycles. The van der Waals surface area contributed by atoms with Crippen molar-refractivity contribution in [2.75, 3.05) is 13.1 Å². The lowest BCUT2D eigenvalue weighted by Gasteiger charge is -2.36. The van der Waals surface area contributed by atoms with Crippen molar-refractivity contribution >= 4 is 11.2 Å². The maximum absolute atomic E-state index is 12.5. The van der Waals surface area contributed by atoms with Crippen LogP contribution in [0.3, 0.4) is 0 Å². The number of fused-ring (bicyclic) bond motifs is 1. The predicted molar refractivity (Wildman–Crippen MR) is 114 cm³/mol. The largest absolute Gasteiger partial charge is 0.332 e. The molecule has 1 aliphatic heterocycles. The van der Waals surface area contributed by atoms with E-state index in [4.69, 9.17) is 0 Å². The molecule has 3 heterocycles. The summed E-state index contributed by atoms with van der Waals surface area (Å²) < 4.78 is 4.48. The van der Waals surface area contributed by atoms with E-state index in [0.29, 0.717) is 17.2 Å². The molecule has 29 heavy (non-hydrogen) atoms. The Morgan fingerprint density at radius 3 is 2.55 bits per heavy atom. The van der Waals surface area contributed by atoms with Crippen LogP contribution in [0.2, 0.25) is 0 Å². The Labute approximate surface area is 170 Å². The first-order chi connectivity index (χ1) is 14.1. The number of nitrogens with zero attached hydrogens (tertiary/aromatic N) is 5. The van der Waals surface area contributed by atoms with Crippen LogP contribution in [0.25, 0.3) is 11.2 Å². The molecule has 1 fully saturated rings. The summed E-state index contributed by atoms with van der Waals surface area (Å²) in [4.78, 5) is 31.5. The van der Waals surface area contributed by atoms with E-state index in [1.807, 2.05) is 4.57 Å². The highest BCUT2D eigenvalue weighted by Gasteiger charge is 2.23. The van der Waals surface area contributed by atoms with Crippen molar-refractivity contribution in [1.82, 2.24) is 23.6 Å². The molecule has 1 unspecified atom stereocenters. The number of hydrogen-bond acceptors (Lipinski definition) is 4. The molecule has 0 radical (unpaired) electrons. The Balaban J connectivity index is 1.42. The zero-order valence-electron chi connectivity index (χ0n) is 17.3. The Bertz CT molecular complexity index is 1100. The van der Waals surface area contributed by atoms with Gasteiger partial charge in [0.05, 0.1) is 6.33 Å². The number of rotatable bonds is 6. The first-order valence-corrected chi connectivity index (χ1v) is 10.5. The topological polar surface area (TPSA) is 65.1 Å². The second-order valence-electron chi connectivity index (χ2n) is 7.98. The van der Waals surface area contributed by atoms with E-state index in [1.165, 1.54) is 36.4 Å². The van der Waals surface area contributed by atoms with E-state index in [-0.39, 0.29) is 11.2 Å². The molecule has 0 N–H and O–H groups in total. The molecule has 1 aliphatic rings. The number of likely N-dealkylation sites (tertiary alicyclic amines) is 1. The van der Waals surface area contributed by atoms with Crippen LogP contribution in [0.1, 0.15) is 43.7 Å². The summed E-state index contributed by atoms with van der Waals surface area (Å²) in [6.07, 6.45) is 7.49. The average Bonchev–Trinajstić information content (AvgIpc) is 3.19. The lowest BCUT2D eigenvalue weighted by molar-refractivity contribution is 0.145. The Morgan fingerprint density at radius 2 is 1.76 bits per heavy atom. The van der Waals surface area contributed by atoms with E-state index in [9.17, 15) is 9.59 Å². The third-order valence-electron chi connectivity index (χ3n) is 6.11. The Hall–Kier alpha value is -2.67. The van der Waals surface area contributed by atoms with Gasteiger partial charge >= 0.3 is 5.69 Å². The number of aromatic nitrogens is 4. The molecule has 0 bridgehead atoms. The van der Waals surface area contributed by atoms with Gasteiger partial charge in [0.25, 0.3) is 5.56 Å². The van der Waals surface area contributed by atoms with Crippen LogP contribution in [0.15, 0.2) is 46.2 Å². The van der Waals surface area contributed by atoms with Crippen molar-refractivity contribution in [1.29, 1.82) is 0 Å². The molecule has 0 saturated carbocycles. The van der Waals surface area contributed by atoms with Crippen LogP contribution in [-0.2, 0) is 20.6 Å². The van der Waals surface area contributed by atoms with Crippen LogP contribution in [-0.4, -0.2) is 36.7 Å². The van der Waals surface area contributed by atoms with Gasteiger partial charge in [-0.25, -0.2) is 9.78 Å². The fourth-order valence-corrected chi connectivity index (χ4v) is 4.47. The first kappa shape index (κ1) is 19.6. The molecule has 7 heteroatoms. The quantitative estimate of drug-likeness (QED) is 0.602. The fourth-order valence-electron chi connectivity index (χ4n) is 4.47. The lowest BCUT2D eigenvalue weighted by atomic mass is 9.95. The van der Waals surface area contributed by atoms with Crippen molar-refractivity contribution in [3.8, 4) is 0 Å². The number of imidazole rings is 1. The first-order valence-electron chi connectivity index (χ1n) is 10.5. The Kier molecular flexibility index (Phi) is 5.67. The molecular formula is C22H29N5O2. The van der Waals surface area contributed by atoms with Gasteiger partial charge in [0.1, 0.15) is 0 Å². The van der Waals surface area contributed by atoms with Crippen LogP contribution in [0.5, 0.6) is 0 Å². The van der Waals surface area contributed by atoms with Crippen molar-refractivity contribution in [2.45, 2.75) is 44.7 Å². The second-order valence-corrected chi connectivity index (χ2v) is 7.98. The molecule has 7 nitrogen and oxygen atoms in total. The highest BCUT2D eigenvalue weighted by Crippen LogP contribution is 2.30. The van der Waals surface area contributed by atoms with Gasteiger partial charge in [-0.05, 0) is 44.3 Å². The lowest BCUT2D eigenvalue weighted by Crippen LogP contribution is -2.37.